The van der Waals surface area contributed by atoms with Crippen LogP contribution in [0.2, 0.25) is 0 Å². The molecule has 0 saturated heterocycles. The highest BCUT2D eigenvalue weighted by molar-refractivity contribution is 7.91. The van der Waals surface area contributed by atoms with Gasteiger partial charge in [-0.1, -0.05) is 6.42 Å². The van der Waals surface area contributed by atoms with Gasteiger partial charge in [0.15, 0.2) is 0 Å². The molecule has 2 N–H and O–H groups in total. The molecule has 0 radical (unpaired) electrons. The van der Waals surface area contributed by atoms with E-state index in [1.807, 2.05) is 0 Å². The fraction of sp³-hybridized carbons (Fsp3) is 0.909. The Hall–Kier alpha value is -0.420. The molecule has 0 aliphatic heterocycles. The van der Waals surface area contributed by atoms with Crippen LogP contribution in [-0.4, -0.2) is 31.7 Å². The van der Waals surface area contributed by atoms with Gasteiger partial charge >= 0.3 is 0 Å². The van der Waals surface area contributed by atoms with Crippen molar-refractivity contribution in [3.8, 4) is 0 Å². The third kappa shape index (κ3) is 3.87. The number of carbonyl (C=O) groups is 1. The summed E-state index contributed by atoms with van der Waals surface area (Å²) in [6.45, 7) is 1.80. The van der Waals surface area contributed by atoms with Crippen molar-refractivity contribution in [2.75, 3.05) is 6.26 Å². The lowest BCUT2D eigenvalue weighted by Gasteiger charge is -2.27. The van der Waals surface area contributed by atoms with E-state index in [0.29, 0.717) is 19.3 Å². The summed E-state index contributed by atoms with van der Waals surface area (Å²) in [6, 6.07) is -0.133. The molecule has 1 aliphatic rings. The summed E-state index contributed by atoms with van der Waals surface area (Å²) in [5.74, 6) is 0.0304. The van der Waals surface area contributed by atoms with Crippen molar-refractivity contribution in [3.05, 3.63) is 0 Å². The molecule has 16 heavy (non-hydrogen) atoms. The number of hydrogen-bond acceptors (Lipinski definition) is 4. The first kappa shape index (κ1) is 13.6. The molecule has 0 amide bonds. The highest BCUT2D eigenvalue weighted by atomic mass is 32.2. The smallest absolute Gasteiger partial charge is 0.150 e. The van der Waals surface area contributed by atoms with Crippen molar-refractivity contribution < 1.29 is 13.2 Å². The molecule has 3 atom stereocenters. The molecule has 1 aliphatic carbocycles. The van der Waals surface area contributed by atoms with Crippen LogP contribution in [0.3, 0.4) is 0 Å². The molecule has 94 valence electrons. The number of ketones is 1. The molecule has 1 rings (SSSR count). The normalized spacial score (nSPS) is 28.7. The second-order valence-corrected chi connectivity index (χ2v) is 7.29. The Kier molecular flexibility index (Phi) is 4.50. The number of rotatable bonds is 4. The van der Waals surface area contributed by atoms with Crippen LogP contribution < -0.4 is 5.73 Å². The van der Waals surface area contributed by atoms with Crippen molar-refractivity contribution in [1.82, 2.24) is 0 Å². The molecule has 3 unspecified atom stereocenters. The number of carbonyl (C=O) groups excluding carboxylic acids is 1. The van der Waals surface area contributed by atoms with Crippen LogP contribution in [0.1, 0.15) is 39.0 Å². The van der Waals surface area contributed by atoms with Gasteiger partial charge in [-0.05, 0) is 26.2 Å². The van der Waals surface area contributed by atoms with Gasteiger partial charge < -0.3 is 5.73 Å². The lowest BCUT2D eigenvalue weighted by Crippen LogP contribution is -2.33. The summed E-state index contributed by atoms with van der Waals surface area (Å²) in [6.07, 6.45) is 4.45. The Morgan fingerprint density at radius 3 is 2.56 bits per heavy atom. The van der Waals surface area contributed by atoms with Crippen LogP contribution >= 0.6 is 0 Å². The second-order valence-electron chi connectivity index (χ2n) is 4.96. The summed E-state index contributed by atoms with van der Waals surface area (Å²) in [5.41, 5.74) is 5.58. The van der Waals surface area contributed by atoms with Crippen molar-refractivity contribution in [1.29, 1.82) is 0 Å². The first-order valence-electron chi connectivity index (χ1n) is 5.78. The maximum absolute atomic E-state index is 11.8. The summed E-state index contributed by atoms with van der Waals surface area (Å²) in [7, 11) is -3.00. The number of hydrogen-bond donors (Lipinski definition) is 1. The summed E-state index contributed by atoms with van der Waals surface area (Å²) in [5, 5.41) is -0.330. The largest absolute Gasteiger partial charge is 0.328 e. The molecule has 0 aromatic rings. The fourth-order valence-corrected chi connectivity index (χ4v) is 3.49. The van der Waals surface area contributed by atoms with Gasteiger partial charge in [-0.2, -0.15) is 0 Å². The molecule has 0 aromatic carbocycles. The van der Waals surface area contributed by atoms with Crippen LogP contribution in [0.5, 0.6) is 0 Å². The molecule has 0 bridgehead atoms. The van der Waals surface area contributed by atoms with E-state index in [9.17, 15) is 13.2 Å². The third-order valence-corrected chi connectivity index (χ3v) is 4.85. The lowest BCUT2D eigenvalue weighted by atomic mass is 9.84. The molecule has 0 aromatic heterocycles. The highest BCUT2D eigenvalue weighted by Crippen LogP contribution is 2.29. The topological polar surface area (TPSA) is 77.2 Å². The summed E-state index contributed by atoms with van der Waals surface area (Å²) in [4.78, 5) is 11.8. The first-order valence-corrected chi connectivity index (χ1v) is 7.73. The van der Waals surface area contributed by atoms with E-state index >= 15 is 0 Å². The van der Waals surface area contributed by atoms with Crippen LogP contribution in [0, 0.1) is 5.92 Å². The molecule has 0 heterocycles. The average Bonchev–Trinajstić information content (AvgIpc) is 2.15. The van der Waals surface area contributed by atoms with Gasteiger partial charge in [-0.3, -0.25) is 4.79 Å². The molecule has 5 heteroatoms. The predicted molar refractivity (Wildman–Crippen MR) is 63.9 cm³/mol. The monoisotopic (exact) mass is 247 g/mol. The van der Waals surface area contributed by atoms with E-state index in [0.717, 1.165) is 12.8 Å². The second kappa shape index (κ2) is 5.27. The molecule has 0 spiro atoms. The van der Waals surface area contributed by atoms with Gasteiger partial charge in [-0.25, -0.2) is 8.42 Å². The highest BCUT2D eigenvalue weighted by Gasteiger charge is 2.32. The van der Waals surface area contributed by atoms with E-state index < -0.39 is 9.84 Å². The third-order valence-electron chi connectivity index (χ3n) is 3.21. The molecular formula is C11H21NO3S. The van der Waals surface area contributed by atoms with Crippen LogP contribution in [-0.2, 0) is 14.6 Å². The zero-order valence-corrected chi connectivity index (χ0v) is 10.8. The van der Waals surface area contributed by atoms with Crippen molar-refractivity contribution in [2.24, 2.45) is 11.7 Å². The molecule has 1 fully saturated rings. The average molecular weight is 247 g/mol. The van der Waals surface area contributed by atoms with E-state index in [4.69, 9.17) is 5.73 Å². The lowest BCUT2D eigenvalue weighted by molar-refractivity contribution is -0.123. The van der Waals surface area contributed by atoms with E-state index in [-0.39, 0.29) is 23.0 Å². The Bertz CT molecular complexity index is 348. The van der Waals surface area contributed by atoms with E-state index in [1.54, 1.807) is 6.92 Å². The minimum Gasteiger partial charge on any atom is -0.328 e. The quantitative estimate of drug-likeness (QED) is 0.800. The Morgan fingerprint density at radius 2 is 2.06 bits per heavy atom. The number of Topliss-reactive ketones (excluding diaryl/α,β-unsaturated/α-hetero) is 1. The van der Waals surface area contributed by atoms with Gasteiger partial charge in [0, 0.05) is 24.6 Å². The minimum absolute atomic E-state index is 0.0977. The van der Waals surface area contributed by atoms with Gasteiger partial charge in [0.2, 0.25) is 0 Å². The van der Waals surface area contributed by atoms with Crippen molar-refractivity contribution in [3.63, 3.8) is 0 Å². The zero-order chi connectivity index (χ0) is 12.3. The maximum atomic E-state index is 11.8. The Labute approximate surface area is 97.5 Å². The van der Waals surface area contributed by atoms with Crippen LogP contribution in [0.25, 0.3) is 0 Å². The Morgan fingerprint density at radius 1 is 1.44 bits per heavy atom. The van der Waals surface area contributed by atoms with Gasteiger partial charge in [-0.15, -0.1) is 0 Å². The molecular weight excluding hydrogens is 226 g/mol. The number of nitrogens with two attached hydrogens (primary N) is 1. The van der Waals surface area contributed by atoms with Gasteiger partial charge in [0.05, 0.1) is 5.25 Å². The maximum Gasteiger partial charge on any atom is 0.150 e. The first-order chi connectivity index (χ1) is 7.30. The summed E-state index contributed by atoms with van der Waals surface area (Å²) < 4.78 is 22.9. The van der Waals surface area contributed by atoms with Crippen molar-refractivity contribution >= 4 is 15.6 Å². The SMILES string of the molecule is CC(N)CC(=O)C1CCCC(S(C)(=O)=O)C1. The Balaban J connectivity index is 2.60. The predicted octanol–water partition coefficient (Wildman–Crippen LogP) is 0.896. The van der Waals surface area contributed by atoms with Crippen molar-refractivity contribution in [2.45, 2.75) is 50.3 Å². The molecule has 4 nitrogen and oxygen atoms in total. The van der Waals surface area contributed by atoms with E-state index in [2.05, 4.69) is 0 Å². The van der Waals surface area contributed by atoms with Crippen LogP contribution in [0.15, 0.2) is 0 Å². The van der Waals surface area contributed by atoms with E-state index in [1.165, 1.54) is 6.26 Å². The fourth-order valence-electron chi connectivity index (χ4n) is 2.31. The summed E-state index contributed by atoms with van der Waals surface area (Å²) >= 11 is 0. The zero-order valence-electron chi connectivity index (χ0n) is 9.98. The molecule has 1 saturated carbocycles. The van der Waals surface area contributed by atoms with Gasteiger partial charge in [0.1, 0.15) is 15.6 Å². The number of sulfone groups is 1. The van der Waals surface area contributed by atoms with Gasteiger partial charge in [0.25, 0.3) is 0 Å². The standard InChI is InChI=1S/C11H21NO3S/c1-8(12)6-11(13)9-4-3-5-10(7-9)16(2,14)15/h8-10H,3-7,12H2,1-2H3. The minimum atomic E-state index is -3.00. The van der Waals surface area contributed by atoms with Crippen LogP contribution in [0.4, 0.5) is 0 Å².